The Hall–Kier alpha value is -2.91. The molecule has 7 heteroatoms. The third kappa shape index (κ3) is 8.44. The molecule has 4 aromatic carbocycles. The number of halogens is 3. The molecule has 1 heterocycles. The van der Waals surface area contributed by atoms with Crippen molar-refractivity contribution in [3.63, 3.8) is 0 Å². The molecule has 0 fully saturated rings. The zero-order valence-corrected chi connectivity index (χ0v) is 32.6. The highest BCUT2D eigenvalue weighted by molar-refractivity contribution is 7.69. The van der Waals surface area contributed by atoms with Gasteiger partial charge in [0, 0.05) is 41.0 Å². The molecule has 0 bridgehead atoms. The van der Waals surface area contributed by atoms with E-state index in [1.54, 1.807) is 12.1 Å². The first-order valence-electron chi connectivity index (χ1n) is 17.3. The quantitative estimate of drug-likeness (QED) is 0.166. The Bertz CT molecular complexity index is 1690. The maximum absolute atomic E-state index is 5.65. The van der Waals surface area contributed by atoms with Crippen molar-refractivity contribution in [1.82, 2.24) is 0 Å². The Balaban J connectivity index is 0.000000445. The number of hydrogen-bond donors (Lipinski definition) is 0. The molecule has 1 aliphatic rings. The molecule has 0 aromatic heterocycles. The van der Waals surface area contributed by atoms with Crippen LogP contribution in [0.1, 0.15) is 115 Å². The highest BCUT2D eigenvalue weighted by Crippen LogP contribution is 2.42. The third-order valence-corrected chi connectivity index (χ3v) is 9.86. The molecule has 1 aliphatic heterocycles. The van der Waals surface area contributed by atoms with Gasteiger partial charge in [0.05, 0.1) is 0 Å². The van der Waals surface area contributed by atoms with Gasteiger partial charge in [-0.15, -0.1) is 0 Å². The molecule has 0 saturated carbocycles. The van der Waals surface area contributed by atoms with Gasteiger partial charge in [-0.1, -0.05) is 152 Å². The Kier molecular flexibility index (Phi) is 12.8. The van der Waals surface area contributed by atoms with Crippen molar-refractivity contribution < 1.29 is 4.49 Å². The summed E-state index contributed by atoms with van der Waals surface area (Å²) in [4.78, 5) is 2.63. The zero-order chi connectivity index (χ0) is 35.3. The molecule has 2 nitrogen and oxygen atoms in total. The molecule has 0 aliphatic carbocycles. The normalized spacial score (nSPS) is 13.8. The van der Waals surface area contributed by atoms with Crippen LogP contribution in [0.25, 0.3) is 0 Å². The summed E-state index contributed by atoms with van der Waals surface area (Å²) in [5.74, 6) is 1.68. The zero-order valence-electron chi connectivity index (χ0n) is 30.3. The smallest absolute Gasteiger partial charge is 0.344 e. The summed E-state index contributed by atoms with van der Waals surface area (Å²) in [7, 11) is 0. The van der Waals surface area contributed by atoms with Gasteiger partial charge in [0.2, 0.25) is 0 Å². The molecule has 0 N–H and O–H groups in total. The second-order valence-electron chi connectivity index (χ2n) is 14.1. The first kappa shape index (κ1) is 37.9. The molecule has 0 saturated heterocycles. The molecule has 252 valence electrons. The number of anilines is 1. The second kappa shape index (κ2) is 16.2. The van der Waals surface area contributed by atoms with Crippen molar-refractivity contribution in [1.29, 1.82) is 0 Å². The molecule has 0 radical (unpaired) electrons. The molecular weight excluding hydrogens is 648 g/mol. The van der Waals surface area contributed by atoms with Crippen molar-refractivity contribution in [3.05, 3.63) is 131 Å². The number of allylic oxidation sites excluding steroid dienone is 2. The summed E-state index contributed by atoms with van der Waals surface area (Å²) in [6.07, 6.45) is 2.39. The number of para-hydroxylation sites is 2. The Morgan fingerprint density at radius 1 is 0.562 bits per heavy atom. The van der Waals surface area contributed by atoms with E-state index in [4.69, 9.17) is 34.4 Å². The van der Waals surface area contributed by atoms with E-state index < -0.39 is 4.39 Å². The highest BCUT2D eigenvalue weighted by Gasteiger charge is 2.49. The van der Waals surface area contributed by atoms with E-state index >= 15 is 0 Å². The number of benzene rings is 4. The lowest BCUT2D eigenvalue weighted by molar-refractivity contribution is -0.287. The fourth-order valence-corrected chi connectivity index (χ4v) is 7.15. The summed E-state index contributed by atoms with van der Waals surface area (Å²) >= 11 is 17.0. The van der Waals surface area contributed by atoms with E-state index in [9.17, 15) is 0 Å². The van der Waals surface area contributed by atoms with Crippen molar-refractivity contribution >= 4 is 73.8 Å². The van der Waals surface area contributed by atoms with E-state index in [0.717, 1.165) is 5.46 Å². The summed E-state index contributed by atoms with van der Waals surface area (Å²) in [6, 6.07) is 34.1. The molecule has 0 spiro atoms. The third-order valence-electron chi connectivity index (χ3n) is 9.11. The molecular formula is C41H51B2Cl3N2. The van der Waals surface area contributed by atoms with Gasteiger partial charge in [0.15, 0.2) is 11.4 Å². The van der Waals surface area contributed by atoms with Gasteiger partial charge >= 0.3 is 6.98 Å². The SMILES string of the molecule is CC1=CC(C)=[N+](c2c(C(C)C)cccc2C(C)C)B(c2ccccc2)N1c1c(C(C)C)cccc1C(C)C.Cl[B-](Cl)(Cl)c1ccccc1. The minimum absolute atomic E-state index is 0.0102. The van der Waals surface area contributed by atoms with E-state index in [2.05, 4.69) is 151 Å². The summed E-state index contributed by atoms with van der Waals surface area (Å²) in [5.41, 5.74) is 13.0. The van der Waals surface area contributed by atoms with Gasteiger partial charge < -0.3 is 39.2 Å². The molecule has 0 unspecified atom stereocenters. The fourth-order valence-electron chi connectivity index (χ4n) is 6.71. The van der Waals surface area contributed by atoms with Crippen LogP contribution in [0.15, 0.2) is 109 Å². The molecule has 4 aromatic rings. The first-order valence-corrected chi connectivity index (χ1v) is 18.6. The van der Waals surface area contributed by atoms with Crippen molar-refractivity contribution in [2.75, 3.05) is 4.81 Å². The maximum Gasteiger partial charge on any atom is 0.657 e. The standard InChI is InChI=1S/C35H46BN2.C6H5BCl3/c1-23(2)30-18-14-19-31(24(3)4)34(30)37-27(9)22-28(10)38(36(37)29-16-12-11-13-17-29)35-32(25(5)6)20-15-21-33(35)26(7)8;8-7(9,10)6-4-2-1-3-5-6/h11-26H,1-10H3;1-5H/q+1;-1. The lowest BCUT2D eigenvalue weighted by atomic mass is 9.61. The van der Waals surface area contributed by atoms with Crippen LogP contribution in [0.5, 0.6) is 0 Å². The summed E-state index contributed by atoms with van der Waals surface area (Å²) < 4.78 is 0.746. The maximum atomic E-state index is 5.65. The molecule has 48 heavy (non-hydrogen) atoms. The highest BCUT2D eigenvalue weighted by atomic mass is 35.6. The number of nitrogens with zero attached hydrogens (tertiary/aromatic N) is 2. The van der Waals surface area contributed by atoms with E-state index in [-0.39, 0.29) is 6.98 Å². The number of rotatable bonds is 8. The van der Waals surface area contributed by atoms with E-state index in [1.807, 2.05) is 18.2 Å². The van der Waals surface area contributed by atoms with Crippen LogP contribution in [-0.2, 0) is 0 Å². The van der Waals surface area contributed by atoms with Crippen LogP contribution < -0.4 is 15.7 Å². The van der Waals surface area contributed by atoms with Gasteiger partial charge in [-0.2, -0.15) is 5.46 Å². The van der Waals surface area contributed by atoms with Gasteiger partial charge in [-0.25, -0.2) is 0 Å². The second-order valence-corrected chi connectivity index (χ2v) is 16.8. The molecule has 5 rings (SSSR count). The van der Waals surface area contributed by atoms with Crippen LogP contribution in [0.2, 0.25) is 0 Å². The fraction of sp³-hybridized carbons (Fsp3) is 0.341. The van der Waals surface area contributed by atoms with Crippen LogP contribution in [0.4, 0.5) is 11.4 Å². The van der Waals surface area contributed by atoms with E-state index in [0.29, 0.717) is 23.7 Å². The summed E-state index contributed by atoms with van der Waals surface area (Å²) in [6.45, 7) is 23.2. The van der Waals surface area contributed by atoms with Crippen molar-refractivity contribution in [2.24, 2.45) is 0 Å². The van der Waals surface area contributed by atoms with E-state index in [1.165, 1.54) is 50.5 Å². The Morgan fingerprint density at radius 2 is 0.979 bits per heavy atom. The van der Waals surface area contributed by atoms with Crippen LogP contribution >= 0.6 is 34.4 Å². The van der Waals surface area contributed by atoms with Gasteiger partial charge in [-0.3, -0.25) is 4.49 Å². The van der Waals surface area contributed by atoms with Gasteiger partial charge in [0.1, 0.15) is 0 Å². The predicted molar refractivity (Wildman–Crippen MR) is 217 cm³/mol. The van der Waals surface area contributed by atoms with Crippen molar-refractivity contribution in [3.8, 4) is 0 Å². The van der Waals surface area contributed by atoms with Gasteiger partial charge in [0.25, 0.3) is 4.39 Å². The van der Waals surface area contributed by atoms with Crippen LogP contribution in [0, 0.1) is 0 Å². The largest absolute Gasteiger partial charge is 0.657 e. The molecule has 0 amide bonds. The molecule has 0 atom stereocenters. The average molecular weight is 700 g/mol. The number of hydrogen-bond acceptors (Lipinski definition) is 1. The predicted octanol–water partition coefficient (Wildman–Crippen LogP) is 11.7. The lowest BCUT2D eigenvalue weighted by Crippen LogP contribution is -2.58. The minimum Gasteiger partial charge on any atom is -0.344 e. The Labute approximate surface area is 305 Å². The topological polar surface area (TPSA) is 6.25 Å². The summed E-state index contributed by atoms with van der Waals surface area (Å²) in [5, 5.41) is 0. The first-order chi connectivity index (χ1) is 22.6. The van der Waals surface area contributed by atoms with Crippen LogP contribution in [0.3, 0.4) is 0 Å². The average Bonchev–Trinajstić information content (AvgIpc) is 3.04. The minimum atomic E-state index is -1.89. The van der Waals surface area contributed by atoms with Crippen molar-refractivity contribution in [2.45, 2.75) is 92.9 Å². The monoisotopic (exact) mass is 698 g/mol. The van der Waals surface area contributed by atoms with Crippen LogP contribution in [-0.4, -0.2) is 21.6 Å². The lowest BCUT2D eigenvalue weighted by Gasteiger charge is -2.36. The Morgan fingerprint density at radius 3 is 1.38 bits per heavy atom. The van der Waals surface area contributed by atoms with Gasteiger partial charge in [-0.05, 0) is 41.7 Å².